The van der Waals surface area contributed by atoms with Crippen LogP contribution in [0.5, 0.6) is 11.5 Å². The first-order chi connectivity index (χ1) is 18.4. The van der Waals surface area contributed by atoms with E-state index >= 15 is 0 Å². The molecular formula is C29H38ClN3O5. The summed E-state index contributed by atoms with van der Waals surface area (Å²) in [6, 6.07) is 11.4. The Kier molecular flexibility index (Phi) is 14.6. The number of unbranched alkanes of at least 4 members (excludes halogenated alkanes) is 8. The molecule has 0 saturated heterocycles. The number of carbonyl (C=O) groups is 3. The molecule has 2 aromatic rings. The van der Waals surface area contributed by atoms with Crippen molar-refractivity contribution in [2.24, 2.45) is 5.10 Å². The van der Waals surface area contributed by atoms with Gasteiger partial charge in [0, 0.05) is 6.42 Å². The van der Waals surface area contributed by atoms with Gasteiger partial charge in [0.05, 0.1) is 30.5 Å². The van der Waals surface area contributed by atoms with Gasteiger partial charge in [-0.05, 0) is 42.3 Å². The number of hydrogen-bond donors (Lipinski definition) is 2. The van der Waals surface area contributed by atoms with Gasteiger partial charge in [-0.3, -0.25) is 9.59 Å². The second-order valence-corrected chi connectivity index (χ2v) is 9.34. The monoisotopic (exact) mass is 543 g/mol. The van der Waals surface area contributed by atoms with Crippen molar-refractivity contribution in [2.75, 3.05) is 13.7 Å². The predicted molar refractivity (Wildman–Crippen MR) is 150 cm³/mol. The predicted octanol–water partition coefficient (Wildman–Crippen LogP) is 6.06. The van der Waals surface area contributed by atoms with Crippen molar-refractivity contribution in [1.29, 1.82) is 0 Å². The van der Waals surface area contributed by atoms with Crippen LogP contribution in [0.25, 0.3) is 0 Å². The highest BCUT2D eigenvalue weighted by Gasteiger charge is 2.15. The lowest BCUT2D eigenvalue weighted by atomic mass is 10.1. The topological polar surface area (TPSA) is 106 Å². The van der Waals surface area contributed by atoms with Gasteiger partial charge in [-0.15, -0.1) is 0 Å². The summed E-state index contributed by atoms with van der Waals surface area (Å²) in [6.07, 6.45) is 12.5. The number of esters is 1. The molecule has 2 amide bonds. The first kappa shape index (κ1) is 30.8. The number of ether oxygens (including phenoxy) is 2. The third-order valence-corrected chi connectivity index (χ3v) is 6.17. The Morgan fingerprint density at radius 3 is 2.26 bits per heavy atom. The van der Waals surface area contributed by atoms with E-state index in [1.54, 1.807) is 42.5 Å². The molecule has 0 aliphatic carbocycles. The summed E-state index contributed by atoms with van der Waals surface area (Å²) in [5, 5.41) is 6.81. The SMILES string of the molecule is CCCCCCCCCCCC(=O)NCC(=O)NN=Cc1ccc(OC(=O)c2ccccc2Cl)c(OC)c1. The molecule has 0 aliphatic rings. The van der Waals surface area contributed by atoms with E-state index in [1.165, 1.54) is 51.8 Å². The zero-order chi connectivity index (χ0) is 27.6. The van der Waals surface area contributed by atoms with Crippen molar-refractivity contribution in [3.05, 3.63) is 58.6 Å². The Morgan fingerprint density at radius 2 is 1.58 bits per heavy atom. The molecule has 0 unspecified atom stereocenters. The van der Waals surface area contributed by atoms with Crippen LogP contribution in [0.3, 0.4) is 0 Å². The Balaban J connectivity index is 1.69. The Bertz CT molecular complexity index is 1070. The summed E-state index contributed by atoms with van der Waals surface area (Å²) >= 11 is 6.05. The summed E-state index contributed by atoms with van der Waals surface area (Å²) in [5.41, 5.74) is 3.22. The molecule has 8 nitrogen and oxygen atoms in total. The molecule has 9 heteroatoms. The van der Waals surface area contributed by atoms with E-state index < -0.39 is 11.9 Å². The normalized spacial score (nSPS) is 10.8. The smallest absolute Gasteiger partial charge is 0.345 e. The fourth-order valence-electron chi connectivity index (χ4n) is 3.71. The molecule has 0 fully saturated rings. The lowest BCUT2D eigenvalue weighted by molar-refractivity contribution is -0.126. The third-order valence-electron chi connectivity index (χ3n) is 5.84. The van der Waals surface area contributed by atoms with Crippen LogP contribution in [0.4, 0.5) is 0 Å². The molecular weight excluding hydrogens is 506 g/mol. The summed E-state index contributed by atoms with van der Waals surface area (Å²) in [7, 11) is 1.45. The molecule has 206 valence electrons. The van der Waals surface area contributed by atoms with Crippen LogP contribution in [0.2, 0.25) is 5.02 Å². The van der Waals surface area contributed by atoms with Crippen LogP contribution in [-0.4, -0.2) is 37.7 Å². The van der Waals surface area contributed by atoms with E-state index in [4.69, 9.17) is 21.1 Å². The first-order valence-corrected chi connectivity index (χ1v) is 13.6. The van der Waals surface area contributed by atoms with Crippen molar-refractivity contribution >= 4 is 35.6 Å². The number of hydrogen-bond acceptors (Lipinski definition) is 6. The number of halogens is 1. The van der Waals surface area contributed by atoms with Gasteiger partial charge in [-0.25, -0.2) is 10.2 Å². The van der Waals surface area contributed by atoms with E-state index in [1.807, 2.05) is 0 Å². The largest absolute Gasteiger partial charge is 0.493 e. The molecule has 2 rings (SSSR count). The highest BCUT2D eigenvalue weighted by Crippen LogP contribution is 2.29. The van der Waals surface area contributed by atoms with Gasteiger partial charge in [-0.1, -0.05) is 82.0 Å². The van der Waals surface area contributed by atoms with Crippen LogP contribution in [-0.2, 0) is 9.59 Å². The second-order valence-electron chi connectivity index (χ2n) is 8.93. The maximum atomic E-state index is 12.4. The molecule has 38 heavy (non-hydrogen) atoms. The molecule has 0 heterocycles. The lowest BCUT2D eigenvalue weighted by Gasteiger charge is -2.10. The second kappa shape index (κ2) is 18.0. The fourth-order valence-corrected chi connectivity index (χ4v) is 3.93. The zero-order valence-electron chi connectivity index (χ0n) is 22.3. The Labute approximate surface area is 230 Å². The van der Waals surface area contributed by atoms with Crippen molar-refractivity contribution in [3.8, 4) is 11.5 Å². The van der Waals surface area contributed by atoms with Crippen LogP contribution in [0.15, 0.2) is 47.6 Å². The number of amides is 2. The number of carbonyl (C=O) groups excluding carboxylic acids is 3. The van der Waals surface area contributed by atoms with Crippen molar-refractivity contribution in [3.63, 3.8) is 0 Å². The molecule has 0 spiro atoms. The quantitative estimate of drug-likeness (QED) is 0.0829. The lowest BCUT2D eigenvalue weighted by Crippen LogP contribution is -2.34. The van der Waals surface area contributed by atoms with Gasteiger partial charge < -0.3 is 14.8 Å². The molecule has 2 N–H and O–H groups in total. The Hall–Kier alpha value is -3.39. The standard InChI is InChI=1S/C29H38ClN3O5/c1-3-4-5-6-7-8-9-10-11-16-27(34)31-21-28(35)33-32-20-22-17-18-25(26(19-22)37-2)38-29(36)23-14-12-13-15-24(23)30/h12-15,17-20H,3-11,16,21H2,1-2H3,(H,31,34)(H,33,35). The number of methoxy groups -OCH3 is 1. The number of nitrogens with one attached hydrogen (secondary N) is 2. The average Bonchev–Trinajstić information content (AvgIpc) is 2.91. The van der Waals surface area contributed by atoms with Gasteiger partial charge in [0.25, 0.3) is 5.91 Å². The molecule has 2 aromatic carbocycles. The molecule has 0 aromatic heterocycles. The van der Waals surface area contributed by atoms with E-state index in [-0.39, 0.29) is 28.8 Å². The maximum Gasteiger partial charge on any atom is 0.345 e. The zero-order valence-corrected chi connectivity index (χ0v) is 23.0. The molecule has 0 aliphatic heterocycles. The van der Waals surface area contributed by atoms with Gasteiger partial charge in [0.2, 0.25) is 5.91 Å². The summed E-state index contributed by atoms with van der Waals surface area (Å²) in [6.45, 7) is 2.07. The summed E-state index contributed by atoms with van der Waals surface area (Å²) < 4.78 is 10.7. The van der Waals surface area contributed by atoms with Crippen molar-refractivity contribution < 1.29 is 23.9 Å². The van der Waals surface area contributed by atoms with E-state index in [0.29, 0.717) is 17.7 Å². The van der Waals surface area contributed by atoms with Gasteiger partial charge in [-0.2, -0.15) is 5.10 Å². The molecule has 0 radical (unpaired) electrons. The van der Waals surface area contributed by atoms with Crippen LogP contribution < -0.4 is 20.2 Å². The minimum absolute atomic E-state index is 0.140. The first-order valence-electron chi connectivity index (χ1n) is 13.2. The minimum atomic E-state index is -0.609. The van der Waals surface area contributed by atoms with Gasteiger partial charge in [0.1, 0.15) is 0 Å². The van der Waals surface area contributed by atoms with Gasteiger partial charge >= 0.3 is 5.97 Å². The van der Waals surface area contributed by atoms with Gasteiger partial charge in [0.15, 0.2) is 11.5 Å². The highest BCUT2D eigenvalue weighted by atomic mass is 35.5. The van der Waals surface area contributed by atoms with Crippen LogP contribution in [0.1, 0.15) is 87.1 Å². The van der Waals surface area contributed by atoms with Crippen LogP contribution in [0, 0.1) is 0 Å². The maximum absolute atomic E-state index is 12.4. The van der Waals surface area contributed by atoms with E-state index in [0.717, 1.165) is 19.3 Å². The van der Waals surface area contributed by atoms with Crippen molar-refractivity contribution in [1.82, 2.24) is 10.7 Å². The van der Waals surface area contributed by atoms with E-state index in [9.17, 15) is 14.4 Å². The number of benzene rings is 2. The number of nitrogens with zero attached hydrogens (tertiary/aromatic N) is 1. The summed E-state index contributed by atoms with van der Waals surface area (Å²) in [5.74, 6) is -0.655. The summed E-state index contributed by atoms with van der Waals surface area (Å²) in [4.78, 5) is 36.4. The minimum Gasteiger partial charge on any atom is -0.493 e. The highest BCUT2D eigenvalue weighted by molar-refractivity contribution is 6.33. The van der Waals surface area contributed by atoms with E-state index in [2.05, 4.69) is 22.8 Å². The molecule has 0 saturated carbocycles. The average molecular weight is 544 g/mol. The molecule has 0 atom stereocenters. The van der Waals surface area contributed by atoms with Crippen molar-refractivity contribution in [2.45, 2.75) is 71.1 Å². The third kappa shape index (κ3) is 11.8. The number of rotatable bonds is 17. The molecule has 0 bridgehead atoms. The van der Waals surface area contributed by atoms with Crippen LogP contribution >= 0.6 is 11.6 Å². The number of hydrazone groups is 1. The Morgan fingerprint density at radius 1 is 0.895 bits per heavy atom. The fraction of sp³-hybridized carbons (Fsp3) is 0.448.